The first-order valence-electron chi connectivity index (χ1n) is 9.13. The molecule has 0 radical (unpaired) electrons. The average molecular weight is 397 g/mol. The topological polar surface area (TPSA) is 39.8 Å². The van der Waals surface area contributed by atoms with E-state index in [1.54, 1.807) is 16.7 Å². The molecular formula is C22H18F3N3O. The summed E-state index contributed by atoms with van der Waals surface area (Å²) in [5.74, 6) is 0. The van der Waals surface area contributed by atoms with Gasteiger partial charge < -0.3 is 0 Å². The summed E-state index contributed by atoms with van der Waals surface area (Å²) in [5, 5.41) is 0.359. The lowest BCUT2D eigenvalue weighted by atomic mass is 10.1. The Labute approximate surface area is 164 Å². The smallest absolute Gasteiger partial charge is 0.296 e. The molecule has 2 aromatic heterocycles. The van der Waals surface area contributed by atoms with Crippen molar-refractivity contribution in [3.8, 4) is 16.9 Å². The summed E-state index contributed by atoms with van der Waals surface area (Å²) in [7, 11) is 0. The van der Waals surface area contributed by atoms with Crippen LogP contribution in [0, 0.1) is 0 Å². The van der Waals surface area contributed by atoms with Crippen LogP contribution in [0.15, 0.2) is 71.8 Å². The maximum atomic E-state index is 13.3. The molecule has 0 aliphatic rings. The van der Waals surface area contributed by atoms with Crippen LogP contribution in [0.1, 0.15) is 25.5 Å². The first kappa shape index (κ1) is 19.0. The molecule has 4 nitrogen and oxygen atoms in total. The first-order valence-corrected chi connectivity index (χ1v) is 9.13. The minimum atomic E-state index is -4.47. The molecule has 2 heterocycles. The van der Waals surface area contributed by atoms with Gasteiger partial charge in [-0.05, 0) is 43.7 Å². The summed E-state index contributed by atoms with van der Waals surface area (Å²) in [6.07, 6.45) is -3.03. The van der Waals surface area contributed by atoms with Crippen molar-refractivity contribution in [2.75, 3.05) is 0 Å². The molecule has 0 spiro atoms. The fraction of sp³-hybridized carbons (Fsp3) is 0.182. The van der Waals surface area contributed by atoms with E-state index in [-0.39, 0.29) is 11.6 Å². The average Bonchev–Trinajstić information content (AvgIpc) is 3.08. The zero-order valence-electron chi connectivity index (χ0n) is 15.8. The van der Waals surface area contributed by atoms with Gasteiger partial charge in [-0.3, -0.25) is 13.9 Å². The maximum absolute atomic E-state index is 13.3. The first-order chi connectivity index (χ1) is 13.8. The molecule has 0 bridgehead atoms. The van der Waals surface area contributed by atoms with Gasteiger partial charge in [-0.25, -0.2) is 4.98 Å². The highest BCUT2D eigenvalue weighted by molar-refractivity contribution is 5.86. The number of benzene rings is 2. The maximum Gasteiger partial charge on any atom is 0.416 e. The summed E-state index contributed by atoms with van der Waals surface area (Å²) >= 11 is 0. The van der Waals surface area contributed by atoms with Crippen molar-refractivity contribution in [2.45, 2.75) is 26.1 Å². The Morgan fingerprint density at radius 3 is 2.34 bits per heavy atom. The Hall–Kier alpha value is -3.35. The van der Waals surface area contributed by atoms with Crippen LogP contribution in [0.25, 0.3) is 28.0 Å². The minimum Gasteiger partial charge on any atom is -0.296 e. The summed E-state index contributed by atoms with van der Waals surface area (Å²) in [5.41, 5.74) is 1.01. The fourth-order valence-electron chi connectivity index (χ4n) is 3.37. The fourth-order valence-corrected chi connectivity index (χ4v) is 3.37. The lowest BCUT2D eigenvalue weighted by molar-refractivity contribution is -0.137. The Kier molecular flexibility index (Phi) is 4.53. The summed E-state index contributed by atoms with van der Waals surface area (Å²) in [6, 6.07) is 15.9. The minimum absolute atomic E-state index is 0.0866. The Morgan fingerprint density at radius 1 is 0.966 bits per heavy atom. The molecule has 7 heteroatoms. The van der Waals surface area contributed by atoms with Crippen molar-refractivity contribution in [2.24, 2.45) is 0 Å². The van der Waals surface area contributed by atoms with Gasteiger partial charge in [0, 0.05) is 11.7 Å². The number of hydrogen-bond donors (Lipinski definition) is 0. The standard InChI is InChI=1S/C22H18F3N3O/c1-14(2)27-13-26-20-18(21(27)29)12-19(15-7-4-3-5-8-15)28(20)17-10-6-9-16(11-17)22(23,24)25/h3-14H,1-2H3. The van der Waals surface area contributed by atoms with Crippen LogP contribution < -0.4 is 5.56 Å². The quantitative estimate of drug-likeness (QED) is 0.461. The number of aromatic nitrogens is 3. The second-order valence-electron chi connectivity index (χ2n) is 7.07. The van der Waals surface area contributed by atoms with Gasteiger partial charge in [0.2, 0.25) is 0 Å². The molecule has 0 aliphatic carbocycles. The van der Waals surface area contributed by atoms with Gasteiger partial charge in [0.15, 0.2) is 5.65 Å². The second-order valence-corrected chi connectivity index (χ2v) is 7.07. The molecule has 0 atom stereocenters. The van der Waals surface area contributed by atoms with Gasteiger partial charge in [-0.2, -0.15) is 13.2 Å². The van der Waals surface area contributed by atoms with Gasteiger partial charge in [-0.15, -0.1) is 0 Å². The molecule has 0 aliphatic heterocycles. The molecule has 0 N–H and O–H groups in total. The van der Waals surface area contributed by atoms with E-state index in [9.17, 15) is 18.0 Å². The molecule has 2 aromatic carbocycles. The van der Waals surface area contributed by atoms with E-state index < -0.39 is 11.7 Å². The van der Waals surface area contributed by atoms with E-state index in [0.717, 1.165) is 17.7 Å². The summed E-state index contributed by atoms with van der Waals surface area (Å²) in [6.45, 7) is 3.74. The van der Waals surface area contributed by atoms with Crippen LogP contribution in [0.3, 0.4) is 0 Å². The normalized spacial score (nSPS) is 12.1. The van der Waals surface area contributed by atoms with E-state index in [0.29, 0.717) is 22.4 Å². The third-order valence-corrected chi connectivity index (χ3v) is 4.80. The predicted octanol–water partition coefficient (Wildman–Crippen LogP) is 5.45. The largest absolute Gasteiger partial charge is 0.416 e. The molecule has 29 heavy (non-hydrogen) atoms. The van der Waals surface area contributed by atoms with Crippen LogP contribution in [-0.2, 0) is 6.18 Å². The number of hydrogen-bond acceptors (Lipinski definition) is 2. The van der Waals surface area contributed by atoms with Crippen molar-refractivity contribution in [3.05, 3.63) is 82.9 Å². The molecule has 4 rings (SSSR count). The van der Waals surface area contributed by atoms with Crippen molar-refractivity contribution < 1.29 is 13.2 Å². The SMILES string of the molecule is CC(C)n1cnc2c(cc(-c3ccccc3)n2-c2cccc(C(F)(F)F)c2)c1=O. The van der Waals surface area contributed by atoms with Gasteiger partial charge in [-0.1, -0.05) is 36.4 Å². The molecule has 0 saturated heterocycles. The van der Waals surface area contributed by atoms with Crippen molar-refractivity contribution >= 4 is 11.0 Å². The lowest BCUT2D eigenvalue weighted by Gasteiger charge is -2.14. The zero-order valence-corrected chi connectivity index (χ0v) is 15.8. The third kappa shape index (κ3) is 3.33. The zero-order chi connectivity index (χ0) is 20.8. The van der Waals surface area contributed by atoms with Gasteiger partial charge >= 0.3 is 6.18 Å². The van der Waals surface area contributed by atoms with Gasteiger partial charge in [0.05, 0.1) is 16.6 Å². The highest BCUT2D eigenvalue weighted by atomic mass is 19.4. The number of fused-ring (bicyclic) bond motifs is 1. The number of nitrogens with zero attached hydrogens (tertiary/aromatic N) is 3. The van der Waals surface area contributed by atoms with E-state index in [1.165, 1.54) is 17.0 Å². The third-order valence-electron chi connectivity index (χ3n) is 4.80. The van der Waals surface area contributed by atoms with Crippen LogP contribution in [0.2, 0.25) is 0 Å². The highest BCUT2D eigenvalue weighted by Crippen LogP contribution is 2.33. The van der Waals surface area contributed by atoms with Gasteiger partial charge in [0.1, 0.15) is 6.33 Å². The predicted molar refractivity (Wildman–Crippen MR) is 106 cm³/mol. The van der Waals surface area contributed by atoms with Crippen LogP contribution in [-0.4, -0.2) is 14.1 Å². The lowest BCUT2D eigenvalue weighted by Crippen LogP contribution is -2.22. The van der Waals surface area contributed by atoms with Gasteiger partial charge in [0.25, 0.3) is 5.56 Å². The molecule has 0 saturated carbocycles. The Morgan fingerprint density at radius 2 is 1.69 bits per heavy atom. The van der Waals surface area contributed by atoms with Crippen LogP contribution >= 0.6 is 0 Å². The Balaban J connectivity index is 2.07. The molecule has 0 fully saturated rings. The van der Waals surface area contributed by atoms with E-state index >= 15 is 0 Å². The molecule has 0 amide bonds. The van der Waals surface area contributed by atoms with E-state index in [4.69, 9.17) is 0 Å². The Bertz CT molecular complexity index is 1240. The number of halogens is 3. The number of rotatable bonds is 3. The van der Waals surface area contributed by atoms with Crippen LogP contribution in [0.5, 0.6) is 0 Å². The highest BCUT2D eigenvalue weighted by Gasteiger charge is 2.31. The van der Waals surface area contributed by atoms with E-state index in [2.05, 4.69) is 4.98 Å². The van der Waals surface area contributed by atoms with Crippen molar-refractivity contribution in [1.82, 2.24) is 14.1 Å². The molecule has 148 valence electrons. The summed E-state index contributed by atoms with van der Waals surface area (Å²) in [4.78, 5) is 17.4. The molecule has 0 unspecified atom stereocenters. The van der Waals surface area contributed by atoms with Crippen LogP contribution in [0.4, 0.5) is 13.2 Å². The molecular weight excluding hydrogens is 379 g/mol. The second kappa shape index (κ2) is 6.92. The van der Waals surface area contributed by atoms with E-state index in [1.807, 2.05) is 44.2 Å². The van der Waals surface area contributed by atoms with Crippen molar-refractivity contribution in [1.29, 1.82) is 0 Å². The van der Waals surface area contributed by atoms with Crippen molar-refractivity contribution in [3.63, 3.8) is 0 Å². The monoisotopic (exact) mass is 397 g/mol. The molecule has 4 aromatic rings. The number of alkyl halides is 3. The summed E-state index contributed by atoms with van der Waals surface area (Å²) < 4.78 is 42.9.